The first-order valence-corrected chi connectivity index (χ1v) is 10.1. The summed E-state index contributed by atoms with van der Waals surface area (Å²) >= 11 is 4.19. The summed E-state index contributed by atoms with van der Waals surface area (Å²) < 4.78 is 4.46. The van der Waals surface area contributed by atoms with Crippen molar-refractivity contribution in [1.82, 2.24) is 9.13 Å². The van der Waals surface area contributed by atoms with Crippen molar-refractivity contribution in [2.75, 3.05) is 11.5 Å². The zero-order chi connectivity index (χ0) is 15.9. The van der Waals surface area contributed by atoms with Crippen molar-refractivity contribution in [2.45, 2.75) is 37.2 Å². The molecule has 2 aromatic heterocycles. The average Bonchev–Trinajstić information content (AvgIpc) is 3.05. The van der Waals surface area contributed by atoms with Crippen LogP contribution in [-0.4, -0.2) is 31.1 Å². The van der Waals surface area contributed by atoms with Crippen LogP contribution in [0.1, 0.15) is 25.2 Å². The summed E-state index contributed by atoms with van der Waals surface area (Å²) in [6.07, 6.45) is 6.59. The van der Waals surface area contributed by atoms with Crippen LogP contribution in [0.4, 0.5) is 0 Å². The number of nitrogens with zero attached hydrogens (tertiary/aromatic N) is 2. The Morgan fingerprint density at radius 1 is 0.818 bits per heavy atom. The van der Waals surface area contributed by atoms with Gasteiger partial charge in [-0.15, -0.1) is 0 Å². The number of aromatic nitrogens is 2. The zero-order valence-electron chi connectivity index (χ0n) is 14.2. The minimum Gasteiger partial charge on any atom is -0.354 e. The lowest BCUT2D eigenvalue weighted by Crippen LogP contribution is -2.09. The molecule has 4 heteroatoms. The van der Waals surface area contributed by atoms with E-state index in [4.69, 9.17) is 0 Å². The van der Waals surface area contributed by atoms with Gasteiger partial charge in [0.2, 0.25) is 0 Å². The molecule has 0 radical (unpaired) electrons. The van der Waals surface area contributed by atoms with E-state index in [1.165, 1.54) is 22.9 Å². The predicted octanol–water partition coefficient (Wildman–Crippen LogP) is 4.39. The number of thioether (sulfide) groups is 2. The van der Waals surface area contributed by atoms with Crippen LogP contribution in [0, 0.1) is 0 Å². The van der Waals surface area contributed by atoms with Gasteiger partial charge in [0.15, 0.2) is 0 Å². The highest BCUT2D eigenvalue weighted by atomic mass is 32.2. The first-order chi connectivity index (χ1) is 10.6. The molecule has 0 fully saturated rings. The minimum absolute atomic E-state index is 0.692. The van der Waals surface area contributed by atoms with Gasteiger partial charge in [-0.2, -0.15) is 23.5 Å². The fraction of sp³-hybridized carbons (Fsp3) is 0.556. The van der Waals surface area contributed by atoms with Gasteiger partial charge in [-0.05, 0) is 37.1 Å². The van der Waals surface area contributed by atoms with Crippen molar-refractivity contribution in [1.29, 1.82) is 0 Å². The summed E-state index contributed by atoms with van der Waals surface area (Å²) in [7, 11) is 4.27. The molecule has 0 aliphatic carbocycles. The Balaban J connectivity index is 1.60. The third kappa shape index (κ3) is 5.47. The second-order valence-electron chi connectivity index (χ2n) is 5.99. The first kappa shape index (κ1) is 17.6. The molecule has 2 heterocycles. The Bertz CT molecular complexity index is 509. The van der Waals surface area contributed by atoms with Crippen LogP contribution in [0.3, 0.4) is 0 Å². The molecule has 0 aliphatic rings. The quantitative estimate of drug-likeness (QED) is 0.628. The van der Waals surface area contributed by atoms with E-state index in [9.17, 15) is 0 Å². The predicted molar refractivity (Wildman–Crippen MR) is 102 cm³/mol. The number of rotatable bonds is 9. The molecule has 2 unspecified atom stereocenters. The maximum Gasteiger partial charge on any atom is 0.0182 e. The molecular weight excluding hydrogens is 308 g/mol. The third-order valence-corrected chi connectivity index (χ3v) is 6.59. The molecule has 0 amide bonds. The molecule has 0 bridgehead atoms. The van der Waals surface area contributed by atoms with E-state index < -0.39 is 0 Å². The fourth-order valence-electron chi connectivity index (χ4n) is 2.62. The van der Waals surface area contributed by atoms with E-state index >= 15 is 0 Å². The molecule has 0 saturated carbocycles. The number of aryl methyl sites for hydroxylation is 2. The summed E-state index contributed by atoms with van der Waals surface area (Å²) in [6.45, 7) is 4.69. The summed E-state index contributed by atoms with van der Waals surface area (Å²) in [6, 6.07) is 8.73. The van der Waals surface area contributed by atoms with Crippen molar-refractivity contribution in [3.05, 3.63) is 48.0 Å². The highest BCUT2D eigenvalue weighted by Crippen LogP contribution is 2.21. The standard InChI is InChI=1S/C18H28N2S2/c1-15(13-17-7-5-9-19(17)3)21-11-12-22-16(2)14-18-8-6-10-20(18)4/h5-10,15-16H,11-14H2,1-4H3. The summed E-state index contributed by atoms with van der Waals surface area (Å²) in [5.74, 6) is 2.49. The lowest BCUT2D eigenvalue weighted by molar-refractivity contribution is 0.795. The van der Waals surface area contributed by atoms with Crippen LogP contribution in [-0.2, 0) is 26.9 Å². The van der Waals surface area contributed by atoms with Crippen LogP contribution in [0.2, 0.25) is 0 Å². The van der Waals surface area contributed by atoms with Gasteiger partial charge >= 0.3 is 0 Å². The van der Waals surface area contributed by atoms with Crippen LogP contribution < -0.4 is 0 Å². The molecule has 0 saturated heterocycles. The summed E-state index contributed by atoms with van der Waals surface area (Å²) in [5, 5.41) is 1.38. The Morgan fingerprint density at radius 3 is 1.55 bits per heavy atom. The van der Waals surface area contributed by atoms with Gasteiger partial charge in [-0.25, -0.2) is 0 Å². The van der Waals surface area contributed by atoms with Crippen LogP contribution in [0.15, 0.2) is 36.7 Å². The van der Waals surface area contributed by atoms with Gasteiger partial charge < -0.3 is 9.13 Å². The molecular formula is C18H28N2S2. The highest BCUT2D eigenvalue weighted by molar-refractivity contribution is 8.03. The van der Waals surface area contributed by atoms with E-state index in [1.54, 1.807) is 0 Å². The highest BCUT2D eigenvalue weighted by Gasteiger charge is 2.09. The molecule has 122 valence electrons. The smallest absolute Gasteiger partial charge is 0.0182 e. The molecule has 0 aromatic carbocycles. The molecule has 2 atom stereocenters. The van der Waals surface area contributed by atoms with E-state index in [0.29, 0.717) is 10.5 Å². The second-order valence-corrected chi connectivity index (χ2v) is 9.08. The Hall–Kier alpha value is -0.740. The minimum atomic E-state index is 0.692. The molecule has 0 aliphatic heterocycles. The van der Waals surface area contributed by atoms with Crippen molar-refractivity contribution >= 4 is 23.5 Å². The van der Waals surface area contributed by atoms with Crippen molar-refractivity contribution in [3.8, 4) is 0 Å². The van der Waals surface area contributed by atoms with Crippen LogP contribution in [0.5, 0.6) is 0 Å². The lowest BCUT2D eigenvalue weighted by atomic mass is 10.2. The van der Waals surface area contributed by atoms with Crippen molar-refractivity contribution in [3.63, 3.8) is 0 Å². The molecule has 22 heavy (non-hydrogen) atoms. The normalized spacial score (nSPS) is 14.2. The Kier molecular flexibility index (Phi) is 7.03. The maximum atomic E-state index is 2.34. The van der Waals surface area contributed by atoms with Crippen molar-refractivity contribution in [2.24, 2.45) is 14.1 Å². The molecule has 0 spiro atoms. The number of hydrogen-bond donors (Lipinski definition) is 0. The summed E-state index contributed by atoms with van der Waals surface area (Å²) in [5.41, 5.74) is 2.87. The van der Waals surface area contributed by atoms with Crippen molar-refractivity contribution < 1.29 is 0 Å². The topological polar surface area (TPSA) is 9.86 Å². The van der Waals surface area contributed by atoms with E-state index in [1.807, 2.05) is 0 Å². The van der Waals surface area contributed by atoms with Gasteiger partial charge in [0.05, 0.1) is 0 Å². The van der Waals surface area contributed by atoms with Gasteiger partial charge in [0, 0.05) is 59.9 Å². The average molecular weight is 337 g/mol. The van der Waals surface area contributed by atoms with Crippen LogP contribution >= 0.6 is 23.5 Å². The molecule has 0 N–H and O–H groups in total. The zero-order valence-corrected chi connectivity index (χ0v) is 15.8. The van der Waals surface area contributed by atoms with E-state index in [-0.39, 0.29) is 0 Å². The first-order valence-electron chi connectivity index (χ1n) is 8.00. The lowest BCUT2D eigenvalue weighted by Gasteiger charge is -2.14. The SMILES string of the molecule is CC(Cc1cccn1C)SCCSC(C)Cc1cccn1C. The van der Waals surface area contributed by atoms with Gasteiger partial charge in [0.1, 0.15) is 0 Å². The van der Waals surface area contributed by atoms with Gasteiger partial charge in [-0.1, -0.05) is 13.8 Å². The van der Waals surface area contributed by atoms with Crippen LogP contribution in [0.25, 0.3) is 0 Å². The summed E-state index contributed by atoms with van der Waals surface area (Å²) in [4.78, 5) is 0. The second kappa shape index (κ2) is 8.78. The number of hydrogen-bond acceptors (Lipinski definition) is 2. The Morgan fingerprint density at radius 2 is 1.23 bits per heavy atom. The van der Waals surface area contributed by atoms with Gasteiger partial charge in [0.25, 0.3) is 0 Å². The Labute approximate surface area is 143 Å². The largest absolute Gasteiger partial charge is 0.354 e. The third-order valence-electron chi connectivity index (χ3n) is 3.98. The maximum absolute atomic E-state index is 2.34. The monoisotopic (exact) mass is 336 g/mol. The van der Waals surface area contributed by atoms with E-state index in [2.05, 4.69) is 97.3 Å². The molecule has 2 rings (SSSR count). The molecule has 2 nitrogen and oxygen atoms in total. The molecule has 2 aromatic rings. The fourth-order valence-corrected chi connectivity index (χ4v) is 4.77. The van der Waals surface area contributed by atoms with E-state index in [0.717, 1.165) is 12.8 Å². The van der Waals surface area contributed by atoms with Gasteiger partial charge in [-0.3, -0.25) is 0 Å².